The van der Waals surface area contributed by atoms with Crippen LogP contribution in [0.3, 0.4) is 0 Å². The van der Waals surface area contributed by atoms with Crippen molar-refractivity contribution in [1.82, 2.24) is 4.90 Å². The highest BCUT2D eigenvalue weighted by atomic mass is 35.5. The van der Waals surface area contributed by atoms with Gasteiger partial charge in [-0.25, -0.2) is 0 Å². The standard InChI is InChI=1S/C25H28ClNO7/c1-14(2)34-10-9-27-22(15-7-6-8-16(11-15)31-3)21(24(29)25(27)30)23(28)17-12-18(26)20(33-5)13-19(17)32-4/h6-8,11-14,22,28H,9-10H2,1-5H3/b23-21+. The van der Waals surface area contributed by atoms with E-state index in [9.17, 15) is 14.7 Å². The van der Waals surface area contributed by atoms with Crippen molar-refractivity contribution >= 4 is 29.1 Å². The van der Waals surface area contributed by atoms with Gasteiger partial charge in [0.2, 0.25) is 0 Å². The predicted octanol–water partition coefficient (Wildman–Crippen LogP) is 4.21. The van der Waals surface area contributed by atoms with E-state index < -0.39 is 23.5 Å². The number of benzene rings is 2. The quantitative estimate of drug-likeness (QED) is 0.320. The molecular weight excluding hydrogens is 462 g/mol. The van der Waals surface area contributed by atoms with Crippen LogP contribution in [0.15, 0.2) is 42.0 Å². The first-order valence-electron chi connectivity index (χ1n) is 10.7. The average Bonchev–Trinajstić information content (AvgIpc) is 3.08. The van der Waals surface area contributed by atoms with E-state index in [1.807, 2.05) is 13.8 Å². The molecule has 1 heterocycles. The summed E-state index contributed by atoms with van der Waals surface area (Å²) in [4.78, 5) is 27.6. The Hall–Kier alpha value is -3.23. The molecule has 3 rings (SSSR count). The van der Waals surface area contributed by atoms with Gasteiger partial charge in [0.15, 0.2) is 0 Å². The minimum absolute atomic E-state index is 0.0437. The van der Waals surface area contributed by atoms with Crippen LogP contribution in [-0.2, 0) is 14.3 Å². The van der Waals surface area contributed by atoms with Gasteiger partial charge in [-0.15, -0.1) is 0 Å². The highest BCUT2D eigenvalue weighted by molar-refractivity contribution is 6.46. The summed E-state index contributed by atoms with van der Waals surface area (Å²) in [5.74, 6) is -0.834. The summed E-state index contributed by atoms with van der Waals surface area (Å²) in [6.45, 7) is 4.14. The molecular formula is C25H28ClNO7. The number of carbonyl (C=O) groups is 2. The second kappa shape index (κ2) is 10.8. The van der Waals surface area contributed by atoms with E-state index in [2.05, 4.69) is 0 Å². The zero-order valence-electron chi connectivity index (χ0n) is 19.8. The fourth-order valence-corrected chi connectivity index (χ4v) is 4.09. The summed E-state index contributed by atoms with van der Waals surface area (Å²) >= 11 is 6.28. The van der Waals surface area contributed by atoms with Crippen molar-refractivity contribution in [2.75, 3.05) is 34.5 Å². The SMILES string of the molecule is COc1cccc(C2/C(=C(\O)c3cc(Cl)c(OC)cc3OC)C(=O)C(=O)N2CCOC(C)C)c1. The molecule has 1 saturated heterocycles. The molecule has 1 N–H and O–H groups in total. The number of Topliss-reactive ketones (excluding diaryl/α,β-unsaturated/α-hetero) is 1. The van der Waals surface area contributed by atoms with Crippen molar-refractivity contribution in [3.05, 3.63) is 58.1 Å². The number of amides is 1. The van der Waals surface area contributed by atoms with E-state index in [4.69, 9.17) is 30.5 Å². The van der Waals surface area contributed by atoms with Gasteiger partial charge in [-0.2, -0.15) is 0 Å². The Bertz CT molecular complexity index is 1110. The van der Waals surface area contributed by atoms with E-state index in [1.54, 1.807) is 24.3 Å². The number of aliphatic hydroxyl groups is 1. The summed E-state index contributed by atoms with van der Waals surface area (Å²) in [5, 5.41) is 11.5. The molecule has 1 amide bonds. The second-order valence-corrected chi connectivity index (χ2v) is 8.28. The van der Waals surface area contributed by atoms with Gasteiger partial charge in [-0.05, 0) is 37.6 Å². The van der Waals surface area contributed by atoms with E-state index >= 15 is 0 Å². The van der Waals surface area contributed by atoms with Crippen molar-refractivity contribution in [3.8, 4) is 17.2 Å². The molecule has 1 unspecified atom stereocenters. The minimum Gasteiger partial charge on any atom is -0.507 e. The fraction of sp³-hybridized carbons (Fsp3) is 0.360. The topological polar surface area (TPSA) is 94.5 Å². The second-order valence-electron chi connectivity index (χ2n) is 7.88. The summed E-state index contributed by atoms with van der Waals surface area (Å²) in [6, 6.07) is 9.07. The zero-order valence-corrected chi connectivity index (χ0v) is 20.5. The fourth-order valence-electron chi connectivity index (χ4n) is 3.85. The number of halogens is 1. The Morgan fingerprint density at radius 3 is 2.38 bits per heavy atom. The molecule has 0 aliphatic carbocycles. The summed E-state index contributed by atoms with van der Waals surface area (Å²) in [5.41, 5.74) is 0.684. The number of ether oxygens (including phenoxy) is 4. The van der Waals surface area contributed by atoms with Crippen molar-refractivity contribution < 1.29 is 33.6 Å². The van der Waals surface area contributed by atoms with Crippen LogP contribution in [-0.4, -0.2) is 62.3 Å². The van der Waals surface area contributed by atoms with Gasteiger partial charge >= 0.3 is 0 Å². The first kappa shape index (κ1) is 25.4. The molecule has 0 spiro atoms. The maximum atomic E-state index is 13.2. The molecule has 1 atom stereocenters. The van der Waals surface area contributed by atoms with Crippen LogP contribution in [0.2, 0.25) is 5.02 Å². The van der Waals surface area contributed by atoms with Gasteiger partial charge in [0, 0.05) is 12.6 Å². The highest BCUT2D eigenvalue weighted by Crippen LogP contribution is 2.43. The largest absolute Gasteiger partial charge is 0.507 e. The molecule has 182 valence electrons. The Balaban J connectivity index is 2.20. The van der Waals surface area contributed by atoms with Crippen LogP contribution >= 0.6 is 11.6 Å². The number of hydrogen-bond donors (Lipinski definition) is 1. The lowest BCUT2D eigenvalue weighted by molar-refractivity contribution is -0.140. The molecule has 34 heavy (non-hydrogen) atoms. The van der Waals surface area contributed by atoms with Gasteiger partial charge in [-0.3, -0.25) is 9.59 Å². The van der Waals surface area contributed by atoms with Crippen molar-refractivity contribution in [2.24, 2.45) is 0 Å². The van der Waals surface area contributed by atoms with E-state index in [0.717, 1.165) is 0 Å². The molecule has 1 aliphatic rings. The predicted molar refractivity (Wildman–Crippen MR) is 128 cm³/mol. The monoisotopic (exact) mass is 489 g/mol. The number of likely N-dealkylation sites (tertiary alicyclic amines) is 1. The van der Waals surface area contributed by atoms with Crippen LogP contribution in [0.1, 0.15) is 31.0 Å². The maximum Gasteiger partial charge on any atom is 0.295 e. The molecule has 0 radical (unpaired) electrons. The third-order valence-electron chi connectivity index (χ3n) is 5.46. The number of rotatable bonds is 9. The van der Waals surface area contributed by atoms with E-state index in [0.29, 0.717) is 17.1 Å². The first-order valence-corrected chi connectivity index (χ1v) is 11.1. The van der Waals surface area contributed by atoms with Gasteiger partial charge < -0.3 is 29.0 Å². The molecule has 0 aromatic heterocycles. The Kier molecular flexibility index (Phi) is 8.06. The number of nitrogens with zero attached hydrogens (tertiary/aromatic N) is 1. The highest BCUT2D eigenvalue weighted by Gasteiger charge is 2.46. The van der Waals surface area contributed by atoms with Gasteiger partial charge in [0.1, 0.15) is 23.0 Å². The third kappa shape index (κ3) is 4.98. The van der Waals surface area contributed by atoms with Crippen LogP contribution in [0, 0.1) is 0 Å². The number of carbonyl (C=O) groups excluding carboxylic acids is 2. The molecule has 0 saturated carbocycles. The van der Waals surface area contributed by atoms with Crippen LogP contribution in [0.5, 0.6) is 17.2 Å². The Morgan fingerprint density at radius 2 is 1.76 bits per heavy atom. The smallest absolute Gasteiger partial charge is 0.295 e. The summed E-state index contributed by atoms with van der Waals surface area (Å²) in [6.07, 6.45) is -0.0437. The molecule has 1 aliphatic heterocycles. The van der Waals surface area contributed by atoms with Crippen molar-refractivity contribution in [3.63, 3.8) is 0 Å². The maximum absolute atomic E-state index is 13.2. The Labute approximate surface area is 203 Å². The molecule has 8 nitrogen and oxygen atoms in total. The number of aliphatic hydroxyl groups excluding tert-OH is 1. The first-order chi connectivity index (χ1) is 16.2. The summed E-state index contributed by atoms with van der Waals surface area (Å²) < 4.78 is 21.6. The van der Waals surface area contributed by atoms with E-state index in [1.165, 1.54) is 38.4 Å². The van der Waals surface area contributed by atoms with Crippen LogP contribution in [0.4, 0.5) is 0 Å². The minimum atomic E-state index is -0.864. The normalized spacial score (nSPS) is 17.4. The molecule has 0 bridgehead atoms. The van der Waals surface area contributed by atoms with Crippen LogP contribution < -0.4 is 14.2 Å². The lowest BCUT2D eigenvalue weighted by atomic mass is 9.94. The van der Waals surface area contributed by atoms with Gasteiger partial charge in [0.05, 0.1) is 56.2 Å². The number of methoxy groups -OCH3 is 3. The molecule has 2 aromatic rings. The lowest BCUT2D eigenvalue weighted by Crippen LogP contribution is -2.33. The lowest BCUT2D eigenvalue weighted by Gasteiger charge is -2.26. The van der Waals surface area contributed by atoms with Crippen LogP contribution in [0.25, 0.3) is 5.76 Å². The average molecular weight is 490 g/mol. The zero-order chi connectivity index (χ0) is 25.0. The number of ketones is 1. The third-order valence-corrected chi connectivity index (χ3v) is 5.76. The molecule has 2 aromatic carbocycles. The molecule has 1 fully saturated rings. The van der Waals surface area contributed by atoms with Gasteiger partial charge in [-0.1, -0.05) is 23.7 Å². The summed E-state index contributed by atoms with van der Waals surface area (Å²) in [7, 11) is 4.39. The molecule has 9 heteroatoms. The number of hydrogen-bond acceptors (Lipinski definition) is 7. The van der Waals surface area contributed by atoms with Crippen molar-refractivity contribution in [2.45, 2.75) is 26.0 Å². The Morgan fingerprint density at radius 1 is 1.06 bits per heavy atom. The van der Waals surface area contributed by atoms with Crippen molar-refractivity contribution in [1.29, 1.82) is 0 Å². The van der Waals surface area contributed by atoms with E-state index in [-0.39, 0.29) is 41.2 Å². The van der Waals surface area contributed by atoms with Gasteiger partial charge in [0.25, 0.3) is 11.7 Å².